The van der Waals surface area contributed by atoms with E-state index < -0.39 is 0 Å². The Morgan fingerprint density at radius 3 is 2.50 bits per heavy atom. The highest BCUT2D eigenvalue weighted by atomic mass is 16.1. The first-order valence-corrected chi connectivity index (χ1v) is 11.3. The molecule has 1 aromatic rings. The van der Waals surface area contributed by atoms with Gasteiger partial charge in [0.1, 0.15) is 0 Å². The number of hydrogen-bond donors (Lipinski definition) is 1. The van der Waals surface area contributed by atoms with Crippen LogP contribution in [0.25, 0.3) is 11.1 Å². The lowest BCUT2D eigenvalue weighted by atomic mass is 9.71. The molecule has 0 aliphatic heterocycles. The van der Waals surface area contributed by atoms with Crippen LogP contribution in [0.1, 0.15) is 56.9 Å². The second kappa shape index (κ2) is 11.0. The van der Waals surface area contributed by atoms with Crippen molar-refractivity contribution in [3.63, 3.8) is 0 Å². The van der Waals surface area contributed by atoms with Crippen LogP contribution in [0, 0.1) is 24.7 Å². The maximum absolute atomic E-state index is 12.7. The number of nitrogens with zero attached hydrogens (tertiary/aromatic N) is 1. The molecular formula is C28H36N2O2. The molecule has 0 spiro atoms. The number of rotatable bonds is 8. The van der Waals surface area contributed by atoms with Gasteiger partial charge in [-0.1, -0.05) is 52.5 Å². The van der Waals surface area contributed by atoms with E-state index in [0.717, 1.165) is 51.9 Å². The molecule has 4 heteroatoms. The Kier molecular flexibility index (Phi) is 8.71. The zero-order valence-electron chi connectivity index (χ0n) is 20.2. The molecule has 1 aliphatic rings. The van der Waals surface area contributed by atoms with Gasteiger partial charge in [0.05, 0.1) is 5.57 Å². The second-order valence-corrected chi connectivity index (χ2v) is 9.20. The minimum absolute atomic E-state index is 0.154. The summed E-state index contributed by atoms with van der Waals surface area (Å²) in [6.45, 7) is 17.4. The number of ketones is 1. The van der Waals surface area contributed by atoms with Gasteiger partial charge in [-0.2, -0.15) is 0 Å². The van der Waals surface area contributed by atoms with Gasteiger partial charge in [-0.15, -0.1) is 0 Å². The van der Waals surface area contributed by atoms with Crippen LogP contribution in [0.5, 0.6) is 0 Å². The summed E-state index contributed by atoms with van der Waals surface area (Å²) in [6, 6.07) is 4.27. The topological polar surface area (TPSA) is 72.5 Å². The summed E-state index contributed by atoms with van der Waals surface area (Å²) in [6.07, 6.45) is 8.01. The van der Waals surface area contributed by atoms with Gasteiger partial charge in [0.25, 0.3) is 0 Å². The molecule has 0 fully saturated rings. The Hall–Kier alpha value is -3.01. The monoisotopic (exact) mass is 432 g/mol. The molecule has 0 saturated heterocycles. The average Bonchev–Trinajstić information content (AvgIpc) is 2.73. The van der Waals surface area contributed by atoms with E-state index in [2.05, 4.69) is 51.4 Å². The normalized spacial score (nSPS) is 18.7. The minimum atomic E-state index is -0.293. The Morgan fingerprint density at radius 2 is 1.97 bits per heavy atom. The highest BCUT2D eigenvalue weighted by molar-refractivity contribution is 6.20. The highest BCUT2D eigenvalue weighted by Gasteiger charge is 2.29. The van der Waals surface area contributed by atoms with Crippen molar-refractivity contribution in [3.8, 4) is 0 Å². The lowest BCUT2D eigenvalue weighted by molar-refractivity contribution is -0.114. The number of benzene rings is 1. The molecule has 4 nitrogen and oxygen atoms in total. The van der Waals surface area contributed by atoms with Crippen LogP contribution in [0.4, 0.5) is 0 Å². The molecule has 0 saturated carbocycles. The van der Waals surface area contributed by atoms with Crippen molar-refractivity contribution in [1.82, 2.24) is 0 Å². The number of fused-ring (bicyclic) bond motifs is 1. The van der Waals surface area contributed by atoms with E-state index in [1.807, 2.05) is 13.1 Å². The lowest BCUT2D eigenvalue weighted by Gasteiger charge is -2.33. The zero-order chi connectivity index (χ0) is 24.0. The SMILES string of the molecule is C=C1/C(=C\C(=O)/C(C=O)=C\C)c2cc(C)c(C(C=NCC(C)C)=CN)cc2CC1C(C)C. The zero-order valence-corrected chi connectivity index (χ0v) is 20.2. The molecule has 32 heavy (non-hydrogen) atoms. The number of carbonyl (C=O) groups excluding carboxylic acids is 2. The Bertz CT molecular complexity index is 1020. The smallest absolute Gasteiger partial charge is 0.189 e. The fourth-order valence-corrected chi connectivity index (χ4v) is 4.07. The predicted octanol–water partition coefficient (Wildman–Crippen LogP) is 5.50. The maximum Gasteiger partial charge on any atom is 0.189 e. The predicted molar refractivity (Wildman–Crippen MR) is 136 cm³/mol. The first-order chi connectivity index (χ1) is 15.1. The summed E-state index contributed by atoms with van der Waals surface area (Å²) in [4.78, 5) is 28.5. The van der Waals surface area contributed by atoms with Crippen LogP contribution >= 0.6 is 0 Å². The van der Waals surface area contributed by atoms with Gasteiger partial charge >= 0.3 is 0 Å². The number of nitrogens with two attached hydrogens (primary N) is 1. The summed E-state index contributed by atoms with van der Waals surface area (Å²) >= 11 is 0. The van der Waals surface area contributed by atoms with Crippen LogP contribution < -0.4 is 5.73 Å². The van der Waals surface area contributed by atoms with Crippen molar-refractivity contribution < 1.29 is 9.59 Å². The van der Waals surface area contributed by atoms with Gasteiger partial charge in [0.2, 0.25) is 0 Å². The van der Waals surface area contributed by atoms with Crippen LogP contribution in [-0.2, 0) is 16.0 Å². The van der Waals surface area contributed by atoms with Crippen molar-refractivity contribution >= 4 is 29.4 Å². The average molecular weight is 433 g/mol. The molecule has 0 heterocycles. The lowest BCUT2D eigenvalue weighted by Crippen LogP contribution is -2.22. The maximum atomic E-state index is 12.7. The van der Waals surface area contributed by atoms with Crippen molar-refractivity contribution in [2.24, 2.45) is 28.5 Å². The number of aldehydes is 1. The molecule has 1 aliphatic carbocycles. The van der Waals surface area contributed by atoms with Crippen molar-refractivity contribution in [2.75, 3.05) is 6.54 Å². The van der Waals surface area contributed by atoms with Crippen LogP contribution in [0.2, 0.25) is 0 Å². The van der Waals surface area contributed by atoms with Gasteiger partial charge in [0, 0.05) is 24.5 Å². The third-order valence-electron chi connectivity index (χ3n) is 5.97. The molecular weight excluding hydrogens is 396 g/mol. The fourth-order valence-electron chi connectivity index (χ4n) is 4.07. The number of hydrogen-bond acceptors (Lipinski definition) is 4. The molecule has 2 N–H and O–H groups in total. The van der Waals surface area contributed by atoms with Crippen LogP contribution in [-0.4, -0.2) is 24.8 Å². The fraction of sp³-hybridized carbons (Fsp3) is 0.393. The summed E-state index contributed by atoms with van der Waals surface area (Å²) < 4.78 is 0. The number of aryl methyl sites for hydroxylation is 1. The molecule has 0 aromatic heterocycles. The molecule has 0 amide bonds. The molecule has 1 atom stereocenters. The minimum Gasteiger partial charge on any atom is -0.404 e. The number of aliphatic imine (C=N–C) groups is 1. The second-order valence-electron chi connectivity index (χ2n) is 9.20. The summed E-state index contributed by atoms with van der Waals surface area (Å²) in [5.41, 5.74) is 13.0. The quantitative estimate of drug-likeness (QED) is 0.194. The molecule has 0 radical (unpaired) electrons. The van der Waals surface area contributed by atoms with Crippen LogP contribution in [0.15, 0.2) is 53.2 Å². The Morgan fingerprint density at radius 1 is 1.28 bits per heavy atom. The Balaban J connectivity index is 2.64. The third-order valence-corrected chi connectivity index (χ3v) is 5.97. The van der Waals surface area contributed by atoms with Gasteiger partial charge in [-0.3, -0.25) is 14.6 Å². The van der Waals surface area contributed by atoms with Gasteiger partial charge < -0.3 is 5.73 Å². The van der Waals surface area contributed by atoms with Crippen molar-refractivity contribution in [2.45, 2.75) is 48.0 Å². The summed E-state index contributed by atoms with van der Waals surface area (Å²) in [5, 5.41) is 0. The molecule has 170 valence electrons. The largest absolute Gasteiger partial charge is 0.404 e. The Labute approximate surface area is 192 Å². The molecule has 1 aromatic carbocycles. The van der Waals surface area contributed by atoms with E-state index in [1.165, 1.54) is 0 Å². The van der Waals surface area contributed by atoms with E-state index in [4.69, 9.17) is 5.73 Å². The third kappa shape index (κ3) is 5.61. The molecule has 0 bridgehead atoms. The van der Waals surface area contributed by atoms with Crippen molar-refractivity contribution in [1.29, 1.82) is 0 Å². The molecule has 1 unspecified atom stereocenters. The standard InChI is InChI=1S/C28H36N2O2/c1-8-21(16-31)28(32)12-26-20(7)24(18(4)5)10-22-11-25(19(6)9-27(22)26)23(13-29)15-30-14-17(2)3/h8-9,11-13,15-18,24H,7,10,14,29H2,1-6H3/b21-8-,23-13?,26-12+,30-15?. The van der Waals surface area contributed by atoms with E-state index in [1.54, 1.807) is 25.3 Å². The van der Waals surface area contributed by atoms with Crippen molar-refractivity contribution in [3.05, 3.63) is 70.5 Å². The van der Waals surface area contributed by atoms with E-state index in [0.29, 0.717) is 18.1 Å². The van der Waals surface area contributed by atoms with Gasteiger partial charge in [0.15, 0.2) is 12.1 Å². The summed E-state index contributed by atoms with van der Waals surface area (Å²) in [7, 11) is 0. The van der Waals surface area contributed by atoms with Gasteiger partial charge in [-0.05, 0) is 77.5 Å². The molecule has 2 rings (SSSR count). The van der Waals surface area contributed by atoms with E-state index in [-0.39, 0.29) is 17.3 Å². The van der Waals surface area contributed by atoms with E-state index in [9.17, 15) is 9.59 Å². The first-order valence-electron chi connectivity index (χ1n) is 11.3. The highest BCUT2D eigenvalue weighted by Crippen LogP contribution is 2.42. The number of carbonyl (C=O) groups is 2. The van der Waals surface area contributed by atoms with Crippen LogP contribution in [0.3, 0.4) is 0 Å². The summed E-state index contributed by atoms with van der Waals surface area (Å²) in [5.74, 6) is 0.760. The van der Waals surface area contributed by atoms with Gasteiger partial charge in [-0.25, -0.2) is 0 Å². The van der Waals surface area contributed by atoms with E-state index >= 15 is 0 Å². The first kappa shape index (κ1) is 25.3. The number of allylic oxidation sites excluding steroid dienone is 6.